The molecule has 4 aromatic rings. The zero-order valence-corrected chi connectivity index (χ0v) is 20.6. The molecule has 0 spiro atoms. The minimum absolute atomic E-state index is 0.214. The number of benzene rings is 1. The van der Waals surface area contributed by atoms with Crippen LogP contribution in [0.3, 0.4) is 0 Å². The number of nitrogens with zero attached hydrogens (tertiary/aromatic N) is 4. The molecule has 3 aromatic heterocycles. The van der Waals surface area contributed by atoms with Crippen molar-refractivity contribution in [2.45, 2.75) is 13.2 Å². The number of thiazole rings is 1. The van der Waals surface area contributed by atoms with Crippen molar-refractivity contribution in [3.63, 3.8) is 0 Å². The van der Waals surface area contributed by atoms with Gasteiger partial charge in [0.1, 0.15) is 18.9 Å². The molecule has 0 unspecified atom stereocenters. The van der Waals surface area contributed by atoms with E-state index in [1.807, 2.05) is 11.4 Å². The van der Waals surface area contributed by atoms with E-state index < -0.39 is 20.6 Å². The normalized spacial score (nSPS) is 12.3. The van der Waals surface area contributed by atoms with Crippen LogP contribution in [0, 0.1) is 0 Å². The average Bonchev–Trinajstić information content (AvgIpc) is 3.39. The molecular formula is C19H18ClN6O5PS2. The lowest BCUT2D eigenvalue weighted by Crippen LogP contribution is -2.19. The van der Waals surface area contributed by atoms with Crippen LogP contribution in [0.15, 0.2) is 53.2 Å². The van der Waals surface area contributed by atoms with Gasteiger partial charge in [0.15, 0.2) is 4.80 Å². The molecule has 178 valence electrons. The van der Waals surface area contributed by atoms with Crippen molar-refractivity contribution in [2.75, 3.05) is 17.2 Å². The molecule has 34 heavy (non-hydrogen) atoms. The Morgan fingerprint density at radius 2 is 2.15 bits per heavy atom. The van der Waals surface area contributed by atoms with Gasteiger partial charge in [0.2, 0.25) is 0 Å². The number of hydrogen-bond donors (Lipinski definition) is 4. The van der Waals surface area contributed by atoms with Crippen molar-refractivity contribution >= 4 is 69.9 Å². The van der Waals surface area contributed by atoms with Crippen LogP contribution in [-0.2, 0) is 22.2 Å². The number of thiophene rings is 1. The Kier molecular flexibility index (Phi) is 7.73. The van der Waals surface area contributed by atoms with Gasteiger partial charge in [-0.2, -0.15) is 4.99 Å². The molecule has 0 aliphatic heterocycles. The monoisotopic (exact) mass is 540 g/mol. The second kappa shape index (κ2) is 10.7. The summed E-state index contributed by atoms with van der Waals surface area (Å²) in [4.78, 5) is 44.0. The zero-order valence-electron chi connectivity index (χ0n) is 17.3. The Balaban J connectivity index is 1.50. The third kappa shape index (κ3) is 6.70. The molecule has 0 saturated heterocycles. The first-order valence-electron chi connectivity index (χ1n) is 9.69. The molecule has 3 heterocycles. The maximum Gasteiger partial charge on any atom is 0.471 e. The molecule has 4 rings (SSSR count). The van der Waals surface area contributed by atoms with Crippen LogP contribution in [-0.4, -0.2) is 36.9 Å². The summed E-state index contributed by atoms with van der Waals surface area (Å²) < 4.78 is 18.1. The number of nitrogens with one attached hydrogen (secondary N) is 2. The summed E-state index contributed by atoms with van der Waals surface area (Å²) in [5.41, 5.74) is 1.32. The molecule has 2 amide bonds. The van der Waals surface area contributed by atoms with Crippen molar-refractivity contribution in [3.05, 3.63) is 62.9 Å². The van der Waals surface area contributed by atoms with Gasteiger partial charge in [-0.3, -0.25) is 9.09 Å². The molecule has 0 aliphatic carbocycles. The smallest absolute Gasteiger partial charge is 0.368 e. The molecule has 0 radical (unpaired) electrons. The van der Waals surface area contributed by atoms with Crippen LogP contribution >= 0.6 is 42.1 Å². The second-order valence-corrected chi connectivity index (χ2v) is 10.5. The first kappa shape index (κ1) is 24.5. The Morgan fingerprint density at radius 1 is 1.29 bits per heavy atom. The minimum atomic E-state index is -4.71. The first-order chi connectivity index (χ1) is 16.3. The van der Waals surface area contributed by atoms with Crippen molar-refractivity contribution < 1.29 is 23.7 Å². The quantitative estimate of drug-likeness (QED) is 0.244. The molecule has 4 N–H and O–H groups in total. The zero-order chi connectivity index (χ0) is 24.1. The highest BCUT2D eigenvalue weighted by Gasteiger charge is 2.15. The van der Waals surface area contributed by atoms with E-state index in [9.17, 15) is 9.36 Å². The summed E-state index contributed by atoms with van der Waals surface area (Å²) in [5.74, 6) is 0.722. The fraction of sp³-hybridized carbons (Fsp3) is 0.158. The van der Waals surface area contributed by atoms with Crippen molar-refractivity contribution in [3.8, 4) is 0 Å². The topological polar surface area (TPSA) is 151 Å². The van der Waals surface area contributed by atoms with Gasteiger partial charge in [0, 0.05) is 34.7 Å². The number of amides is 2. The number of rotatable bonds is 8. The van der Waals surface area contributed by atoms with Gasteiger partial charge in [-0.15, -0.1) is 22.7 Å². The van der Waals surface area contributed by atoms with Crippen LogP contribution < -0.4 is 15.4 Å². The molecule has 0 aliphatic rings. The number of carbonyl (C=O) groups excluding carboxylic acids is 1. The van der Waals surface area contributed by atoms with Gasteiger partial charge in [0.05, 0.1) is 10.2 Å². The maximum atomic E-state index is 12.4. The van der Waals surface area contributed by atoms with E-state index in [0.717, 1.165) is 20.9 Å². The Bertz CT molecular complexity index is 1430. The van der Waals surface area contributed by atoms with Crippen molar-refractivity contribution in [1.29, 1.82) is 0 Å². The van der Waals surface area contributed by atoms with E-state index in [1.54, 1.807) is 30.5 Å². The van der Waals surface area contributed by atoms with E-state index in [0.29, 0.717) is 23.7 Å². The summed E-state index contributed by atoms with van der Waals surface area (Å²) in [7, 11) is -4.71. The predicted octanol–water partition coefficient (Wildman–Crippen LogP) is 4.06. The molecular weight excluding hydrogens is 523 g/mol. The highest BCUT2D eigenvalue weighted by atomic mass is 35.5. The summed E-state index contributed by atoms with van der Waals surface area (Å²) in [5, 5.41) is 8.26. The standard InChI is InChI=1S/C19H18ClN6O5PS2/c20-12-2-1-3-13(8-12)24-18(27)25-19-26(11-31-32(28,29)30)9-14(34-19)4-6-21-17-16-15(5-7-33-16)22-10-23-17/h1-3,5,7-10H,4,6,11H2,(H,24,27)(H,21,22,23)(H2,28,29,30)/b25-19-. The van der Waals surface area contributed by atoms with Gasteiger partial charge < -0.3 is 20.4 Å². The third-order valence-corrected chi connectivity index (χ3v) is 6.99. The lowest BCUT2D eigenvalue weighted by molar-refractivity contribution is 0.152. The highest BCUT2D eigenvalue weighted by molar-refractivity contribution is 7.46. The van der Waals surface area contributed by atoms with Gasteiger partial charge in [-0.1, -0.05) is 17.7 Å². The molecule has 0 atom stereocenters. The van der Waals surface area contributed by atoms with Gasteiger partial charge in [-0.25, -0.2) is 19.3 Å². The number of hydrogen-bond acceptors (Lipinski definition) is 8. The van der Waals surface area contributed by atoms with Crippen molar-refractivity contribution in [2.24, 2.45) is 4.99 Å². The molecule has 0 saturated carbocycles. The molecule has 0 fully saturated rings. The summed E-state index contributed by atoms with van der Waals surface area (Å²) >= 11 is 8.67. The Labute approximate surface area is 206 Å². The lowest BCUT2D eigenvalue weighted by Gasteiger charge is -2.06. The van der Waals surface area contributed by atoms with E-state index >= 15 is 0 Å². The van der Waals surface area contributed by atoms with Gasteiger partial charge in [-0.05, 0) is 29.6 Å². The van der Waals surface area contributed by atoms with Gasteiger partial charge >= 0.3 is 13.9 Å². The number of phosphoric ester groups is 1. The first-order valence-corrected chi connectivity index (χ1v) is 13.3. The van der Waals surface area contributed by atoms with Crippen LogP contribution in [0.25, 0.3) is 10.2 Å². The number of urea groups is 1. The Hall–Kier alpha value is -2.64. The summed E-state index contributed by atoms with van der Waals surface area (Å²) in [6.45, 7) is 0.0528. The van der Waals surface area contributed by atoms with Crippen LogP contribution in [0.1, 0.15) is 4.88 Å². The van der Waals surface area contributed by atoms with Crippen LogP contribution in [0.2, 0.25) is 5.02 Å². The molecule has 0 bridgehead atoms. The highest BCUT2D eigenvalue weighted by Crippen LogP contribution is 2.36. The lowest BCUT2D eigenvalue weighted by atomic mass is 10.3. The largest absolute Gasteiger partial charge is 0.471 e. The number of carbonyl (C=O) groups is 1. The van der Waals surface area contributed by atoms with E-state index in [1.165, 1.54) is 33.6 Å². The van der Waals surface area contributed by atoms with Crippen LogP contribution in [0.5, 0.6) is 0 Å². The van der Waals surface area contributed by atoms with E-state index in [-0.39, 0.29) is 4.80 Å². The van der Waals surface area contributed by atoms with Gasteiger partial charge in [0.25, 0.3) is 0 Å². The van der Waals surface area contributed by atoms with E-state index in [2.05, 4.69) is 30.1 Å². The fourth-order valence-electron chi connectivity index (χ4n) is 2.89. The number of aromatic nitrogens is 3. The number of phosphoric acid groups is 1. The molecule has 11 nitrogen and oxygen atoms in total. The average molecular weight is 541 g/mol. The maximum absolute atomic E-state index is 12.4. The predicted molar refractivity (Wildman–Crippen MR) is 131 cm³/mol. The summed E-state index contributed by atoms with van der Waals surface area (Å²) in [6, 6.07) is 7.84. The fourth-order valence-corrected chi connectivity index (χ4v) is 5.13. The SMILES string of the molecule is O=C(/N=c1\sc(CCNc2ncnc3ccsc23)cn1COP(=O)(O)O)Nc1cccc(Cl)c1. The third-order valence-electron chi connectivity index (χ3n) is 4.31. The van der Waals surface area contributed by atoms with Crippen LogP contribution in [0.4, 0.5) is 16.3 Å². The second-order valence-electron chi connectivity index (χ2n) is 6.78. The molecule has 15 heteroatoms. The summed E-state index contributed by atoms with van der Waals surface area (Å²) in [6.07, 6.45) is 3.67. The Morgan fingerprint density at radius 3 is 2.94 bits per heavy atom. The number of halogens is 1. The molecule has 1 aromatic carbocycles. The number of anilines is 2. The van der Waals surface area contributed by atoms with E-state index in [4.69, 9.17) is 21.4 Å². The minimum Gasteiger partial charge on any atom is -0.368 e. The number of fused-ring (bicyclic) bond motifs is 1. The van der Waals surface area contributed by atoms with Crippen molar-refractivity contribution in [1.82, 2.24) is 14.5 Å².